The van der Waals surface area contributed by atoms with Crippen LogP contribution >= 0.6 is 0 Å². The lowest BCUT2D eigenvalue weighted by molar-refractivity contribution is -0.0829. The monoisotopic (exact) mass is 444 g/mol. The van der Waals surface area contributed by atoms with Gasteiger partial charge < -0.3 is 9.47 Å². The Morgan fingerprint density at radius 2 is 0.765 bits per heavy atom. The van der Waals surface area contributed by atoms with E-state index in [1.807, 2.05) is 97.1 Å². The van der Waals surface area contributed by atoms with Crippen molar-refractivity contribution in [3.05, 3.63) is 144 Å². The third kappa shape index (κ3) is 3.39. The molecule has 0 bridgehead atoms. The standard InChI is InChI=1S/C30H24N2O2/c1-5-13-23(14-6-1)21-27-31-29(25-17-9-3-10-18-25)30(33-27,26-19-11-4-12-20-26)32-28(34-29)22-24-15-7-2-8-16-24/h1-20H,21-22H2. The minimum atomic E-state index is -1.14. The fraction of sp³-hybridized carbons (Fsp3) is 0.133. The van der Waals surface area contributed by atoms with E-state index in [0.717, 1.165) is 22.3 Å². The van der Waals surface area contributed by atoms with Crippen molar-refractivity contribution in [2.45, 2.75) is 24.3 Å². The van der Waals surface area contributed by atoms with Crippen molar-refractivity contribution in [2.24, 2.45) is 9.98 Å². The quantitative estimate of drug-likeness (QED) is 0.364. The molecule has 34 heavy (non-hydrogen) atoms. The van der Waals surface area contributed by atoms with Gasteiger partial charge in [0.15, 0.2) is 11.8 Å². The Morgan fingerprint density at radius 1 is 0.441 bits per heavy atom. The lowest BCUT2D eigenvalue weighted by Gasteiger charge is -2.33. The molecular weight excluding hydrogens is 420 g/mol. The highest BCUT2D eigenvalue weighted by atomic mass is 16.6. The predicted octanol–water partition coefficient (Wildman–Crippen LogP) is 6.04. The summed E-state index contributed by atoms with van der Waals surface area (Å²) in [6.07, 6.45) is 1.13. The zero-order chi connectivity index (χ0) is 22.8. The number of hydrogen-bond donors (Lipinski definition) is 0. The van der Waals surface area contributed by atoms with Gasteiger partial charge in [-0.25, -0.2) is 0 Å². The summed E-state index contributed by atoms with van der Waals surface area (Å²) >= 11 is 0. The van der Waals surface area contributed by atoms with Gasteiger partial charge in [0.05, 0.1) is 0 Å². The Bertz CT molecular complexity index is 1230. The molecule has 2 aliphatic rings. The van der Waals surface area contributed by atoms with Gasteiger partial charge in [0, 0.05) is 24.0 Å². The molecule has 0 aliphatic carbocycles. The fourth-order valence-electron chi connectivity index (χ4n) is 4.73. The normalized spacial score (nSPS) is 22.8. The van der Waals surface area contributed by atoms with Crippen molar-refractivity contribution >= 4 is 11.8 Å². The summed E-state index contributed by atoms with van der Waals surface area (Å²) in [5.74, 6) is 1.22. The van der Waals surface area contributed by atoms with Gasteiger partial charge in [0.1, 0.15) is 0 Å². The molecule has 4 aromatic rings. The molecule has 166 valence electrons. The van der Waals surface area contributed by atoms with Gasteiger partial charge in [-0.05, 0) is 11.1 Å². The first kappa shape index (κ1) is 20.4. The Morgan fingerprint density at radius 3 is 1.12 bits per heavy atom. The van der Waals surface area contributed by atoms with Gasteiger partial charge in [-0.1, -0.05) is 121 Å². The fourth-order valence-corrected chi connectivity index (χ4v) is 4.73. The van der Waals surface area contributed by atoms with E-state index in [9.17, 15) is 0 Å². The molecule has 0 fully saturated rings. The van der Waals surface area contributed by atoms with E-state index >= 15 is 0 Å². The van der Waals surface area contributed by atoms with Gasteiger partial charge in [-0.3, -0.25) is 0 Å². The Kier molecular flexibility index (Phi) is 4.99. The Hall–Kier alpha value is -4.18. The van der Waals surface area contributed by atoms with Crippen molar-refractivity contribution in [2.75, 3.05) is 0 Å². The van der Waals surface area contributed by atoms with Gasteiger partial charge in [0.25, 0.3) is 11.4 Å². The molecule has 2 aliphatic heterocycles. The van der Waals surface area contributed by atoms with Gasteiger partial charge in [0.2, 0.25) is 0 Å². The summed E-state index contributed by atoms with van der Waals surface area (Å²) in [7, 11) is 0. The topological polar surface area (TPSA) is 43.2 Å². The Balaban J connectivity index is 1.49. The highest BCUT2D eigenvalue weighted by Gasteiger charge is 2.67. The summed E-state index contributed by atoms with van der Waals surface area (Å²) in [6, 6.07) is 40.6. The lowest BCUT2D eigenvalue weighted by atomic mass is 9.87. The van der Waals surface area contributed by atoms with Gasteiger partial charge >= 0.3 is 0 Å². The van der Waals surface area contributed by atoms with Crippen LogP contribution in [0.25, 0.3) is 0 Å². The third-order valence-electron chi connectivity index (χ3n) is 6.28. The average Bonchev–Trinajstić information content (AvgIpc) is 3.36. The smallest absolute Gasteiger partial charge is 0.296 e. The van der Waals surface area contributed by atoms with Crippen molar-refractivity contribution in [1.29, 1.82) is 0 Å². The minimum Gasteiger partial charge on any atom is -0.441 e. The first-order valence-corrected chi connectivity index (χ1v) is 11.5. The van der Waals surface area contributed by atoms with Crippen LogP contribution in [0, 0.1) is 0 Å². The van der Waals surface area contributed by atoms with E-state index in [2.05, 4.69) is 24.3 Å². The molecule has 0 spiro atoms. The van der Waals surface area contributed by atoms with Crippen LogP contribution in [0.2, 0.25) is 0 Å². The maximum absolute atomic E-state index is 6.73. The maximum atomic E-state index is 6.73. The number of hydrogen-bond acceptors (Lipinski definition) is 4. The SMILES string of the molecule is c1ccc(CC2=NC3(c4ccccc4)OC(Cc4ccccc4)=NC3(c3ccccc3)O2)cc1. The first-order valence-electron chi connectivity index (χ1n) is 11.5. The van der Waals surface area contributed by atoms with E-state index in [0.29, 0.717) is 24.6 Å². The second-order valence-electron chi connectivity index (χ2n) is 8.56. The van der Waals surface area contributed by atoms with Gasteiger partial charge in [-0.15, -0.1) is 0 Å². The maximum Gasteiger partial charge on any atom is 0.296 e. The first-order chi connectivity index (χ1) is 16.8. The highest BCUT2D eigenvalue weighted by Crippen LogP contribution is 2.56. The molecule has 4 nitrogen and oxygen atoms in total. The van der Waals surface area contributed by atoms with Crippen molar-refractivity contribution < 1.29 is 9.47 Å². The average molecular weight is 445 g/mol. The molecular formula is C30H24N2O2. The van der Waals surface area contributed by atoms with E-state index in [-0.39, 0.29) is 0 Å². The van der Waals surface area contributed by atoms with Gasteiger partial charge in [-0.2, -0.15) is 9.98 Å². The molecule has 4 heteroatoms. The highest BCUT2D eigenvalue weighted by molar-refractivity contribution is 5.87. The summed E-state index contributed by atoms with van der Waals surface area (Å²) in [5.41, 5.74) is 1.80. The molecule has 0 saturated heterocycles. The van der Waals surface area contributed by atoms with Crippen LogP contribution in [-0.2, 0) is 33.8 Å². The van der Waals surface area contributed by atoms with E-state index in [1.165, 1.54) is 0 Å². The van der Waals surface area contributed by atoms with Crippen LogP contribution in [0.15, 0.2) is 131 Å². The zero-order valence-corrected chi connectivity index (χ0v) is 18.7. The molecule has 0 aromatic heterocycles. The van der Waals surface area contributed by atoms with Crippen LogP contribution < -0.4 is 0 Å². The number of nitrogens with zero attached hydrogens (tertiary/aromatic N) is 2. The number of benzene rings is 4. The van der Waals surface area contributed by atoms with E-state index in [1.54, 1.807) is 0 Å². The molecule has 2 unspecified atom stereocenters. The van der Waals surface area contributed by atoms with Crippen LogP contribution in [0.3, 0.4) is 0 Å². The number of aliphatic imine (C=N–C) groups is 2. The van der Waals surface area contributed by atoms with Crippen molar-refractivity contribution in [3.8, 4) is 0 Å². The summed E-state index contributed by atoms with van der Waals surface area (Å²) in [6.45, 7) is 0. The summed E-state index contributed by atoms with van der Waals surface area (Å²) in [4.78, 5) is 10.3. The van der Waals surface area contributed by atoms with Crippen molar-refractivity contribution in [3.63, 3.8) is 0 Å². The third-order valence-corrected chi connectivity index (χ3v) is 6.28. The summed E-state index contributed by atoms with van der Waals surface area (Å²) in [5, 5.41) is 0. The summed E-state index contributed by atoms with van der Waals surface area (Å²) < 4.78 is 13.5. The molecule has 6 rings (SSSR count). The molecule has 0 N–H and O–H groups in total. The van der Waals surface area contributed by atoms with Crippen LogP contribution in [0.5, 0.6) is 0 Å². The molecule has 0 amide bonds. The molecule has 0 radical (unpaired) electrons. The largest absolute Gasteiger partial charge is 0.441 e. The molecule has 2 heterocycles. The van der Waals surface area contributed by atoms with Crippen molar-refractivity contribution in [1.82, 2.24) is 0 Å². The number of rotatable bonds is 6. The van der Waals surface area contributed by atoms with Crippen LogP contribution in [0.1, 0.15) is 22.3 Å². The Labute approximate surface area is 199 Å². The number of fused-ring (bicyclic) bond motifs is 1. The zero-order valence-electron chi connectivity index (χ0n) is 18.7. The predicted molar refractivity (Wildman–Crippen MR) is 134 cm³/mol. The molecule has 4 aromatic carbocycles. The van der Waals surface area contributed by atoms with Crippen LogP contribution in [0.4, 0.5) is 0 Å². The molecule has 0 saturated carbocycles. The molecule has 2 atom stereocenters. The number of ether oxygens (including phenoxy) is 2. The van der Waals surface area contributed by atoms with Crippen LogP contribution in [-0.4, -0.2) is 11.8 Å². The lowest BCUT2D eigenvalue weighted by Crippen LogP contribution is -2.43. The second-order valence-corrected chi connectivity index (χ2v) is 8.56. The van der Waals surface area contributed by atoms with E-state index in [4.69, 9.17) is 19.5 Å². The van der Waals surface area contributed by atoms with E-state index < -0.39 is 11.4 Å². The second kappa shape index (κ2) is 8.31. The minimum absolute atomic E-state index is 0.566.